The summed E-state index contributed by atoms with van der Waals surface area (Å²) in [5.41, 5.74) is 3.31. The van der Waals surface area contributed by atoms with Gasteiger partial charge in [0.25, 0.3) is 0 Å². The summed E-state index contributed by atoms with van der Waals surface area (Å²) in [6.45, 7) is 4.62. The van der Waals surface area contributed by atoms with Crippen LogP contribution in [0.5, 0.6) is 0 Å². The molecule has 0 saturated heterocycles. The van der Waals surface area contributed by atoms with Crippen molar-refractivity contribution in [3.05, 3.63) is 120 Å². The molecule has 0 bridgehead atoms. The molecule has 4 aromatic rings. The van der Waals surface area contributed by atoms with E-state index >= 15 is 0 Å². The molecular formula is C28H28NO3P. The Morgan fingerprint density at radius 1 is 0.848 bits per heavy atom. The third-order valence-electron chi connectivity index (χ3n) is 5.86. The van der Waals surface area contributed by atoms with Crippen molar-refractivity contribution in [1.82, 2.24) is 4.57 Å². The Bertz CT molecular complexity index is 1220. The van der Waals surface area contributed by atoms with Crippen LogP contribution < -0.4 is 10.6 Å². The molecule has 5 heteroatoms. The molecule has 4 nitrogen and oxygen atoms in total. The second-order valence-corrected chi connectivity index (χ2v) is 10.8. The molecule has 1 aromatic heterocycles. The molecule has 0 aliphatic heterocycles. The van der Waals surface area contributed by atoms with Gasteiger partial charge in [-0.2, -0.15) is 0 Å². The van der Waals surface area contributed by atoms with E-state index in [9.17, 15) is 9.36 Å². The average molecular weight is 458 g/mol. The normalized spacial score (nSPS) is 11.3. The second-order valence-electron chi connectivity index (χ2n) is 8.00. The Morgan fingerprint density at radius 2 is 1.36 bits per heavy atom. The molecule has 0 aliphatic carbocycles. The maximum atomic E-state index is 14.7. The summed E-state index contributed by atoms with van der Waals surface area (Å²) in [6, 6.07) is 31.2. The molecule has 1 heterocycles. The minimum Gasteiger partial charge on any atom is -0.462 e. The van der Waals surface area contributed by atoms with Crippen LogP contribution in [-0.2, 0) is 22.0 Å². The van der Waals surface area contributed by atoms with Crippen LogP contribution in [0.15, 0.2) is 97.1 Å². The van der Waals surface area contributed by atoms with Gasteiger partial charge in [-0.15, -0.1) is 0 Å². The Balaban J connectivity index is 1.84. The summed E-state index contributed by atoms with van der Waals surface area (Å²) < 4.78 is 22.1. The fourth-order valence-electron chi connectivity index (χ4n) is 4.14. The van der Waals surface area contributed by atoms with Gasteiger partial charge in [-0.25, -0.2) is 4.79 Å². The number of aromatic nitrogens is 1. The summed E-state index contributed by atoms with van der Waals surface area (Å²) >= 11 is 0. The first-order chi connectivity index (χ1) is 16.0. The molecular weight excluding hydrogens is 429 g/mol. The quantitative estimate of drug-likeness (QED) is 0.258. The van der Waals surface area contributed by atoms with Crippen LogP contribution in [-0.4, -0.2) is 17.1 Å². The number of hydrogen-bond donors (Lipinski definition) is 0. The maximum absolute atomic E-state index is 14.7. The van der Waals surface area contributed by atoms with E-state index in [-0.39, 0.29) is 5.97 Å². The summed E-state index contributed by atoms with van der Waals surface area (Å²) in [5.74, 6) is -0.350. The summed E-state index contributed by atoms with van der Waals surface area (Å²) in [6.07, 6.45) is 0.314. The highest BCUT2D eigenvalue weighted by atomic mass is 31.2. The van der Waals surface area contributed by atoms with Crippen LogP contribution in [0.4, 0.5) is 0 Å². The summed E-state index contributed by atoms with van der Waals surface area (Å²) in [4.78, 5) is 12.7. The van der Waals surface area contributed by atoms with E-state index in [2.05, 4.69) is 16.7 Å². The first kappa shape index (κ1) is 22.8. The lowest BCUT2D eigenvalue weighted by Crippen LogP contribution is -2.19. The van der Waals surface area contributed by atoms with Crippen LogP contribution in [0.25, 0.3) is 0 Å². The molecule has 0 atom stereocenters. The number of benzene rings is 3. The number of hydrogen-bond acceptors (Lipinski definition) is 3. The molecule has 0 saturated carbocycles. The van der Waals surface area contributed by atoms with Gasteiger partial charge in [0.15, 0.2) is 0 Å². The smallest absolute Gasteiger partial charge is 0.339 e. The molecule has 0 radical (unpaired) electrons. The topological polar surface area (TPSA) is 48.3 Å². The fourth-order valence-corrected chi connectivity index (χ4v) is 6.83. The van der Waals surface area contributed by atoms with Gasteiger partial charge in [-0.1, -0.05) is 91.0 Å². The molecule has 0 amide bonds. The van der Waals surface area contributed by atoms with Crippen molar-refractivity contribution < 1.29 is 14.1 Å². The number of esters is 1. The molecule has 0 fully saturated rings. The van der Waals surface area contributed by atoms with E-state index in [0.717, 1.165) is 27.6 Å². The van der Waals surface area contributed by atoms with E-state index < -0.39 is 7.14 Å². The van der Waals surface area contributed by atoms with Gasteiger partial charge in [0.2, 0.25) is 0 Å². The van der Waals surface area contributed by atoms with Crippen molar-refractivity contribution >= 4 is 23.7 Å². The van der Waals surface area contributed by atoms with Crippen LogP contribution in [0.2, 0.25) is 0 Å². The van der Waals surface area contributed by atoms with Gasteiger partial charge in [0, 0.05) is 34.7 Å². The highest BCUT2D eigenvalue weighted by Gasteiger charge is 2.30. The maximum Gasteiger partial charge on any atom is 0.339 e. The number of carbonyl (C=O) groups excluding carboxylic acids is 1. The molecule has 0 spiro atoms. The molecule has 0 N–H and O–H groups in total. The van der Waals surface area contributed by atoms with Crippen molar-refractivity contribution in [3.8, 4) is 0 Å². The standard InChI is InChI=1S/C28H28NO3P/c1-3-32-28(30)27-19-24(29(22(27)2)20-23-13-7-4-8-14-23)21-33(31,25-15-9-5-10-16-25)26-17-11-6-12-18-26/h4-19H,3,20-21H2,1-2H3. The zero-order valence-corrected chi connectivity index (χ0v) is 19.9. The van der Waals surface area contributed by atoms with Gasteiger partial charge >= 0.3 is 5.97 Å². The van der Waals surface area contributed by atoms with Crippen molar-refractivity contribution in [3.63, 3.8) is 0 Å². The molecule has 0 unspecified atom stereocenters. The molecule has 0 aliphatic rings. The highest BCUT2D eigenvalue weighted by Crippen LogP contribution is 2.47. The third-order valence-corrected chi connectivity index (χ3v) is 8.90. The Labute approximate surface area is 195 Å². The number of ether oxygens (including phenoxy) is 1. The van der Waals surface area contributed by atoms with Crippen LogP contribution in [0.1, 0.15) is 34.2 Å². The lowest BCUT2D eigenvalue weighted by atomic mass is 10.2. The highest BCUT2D eigenvalue weighted by molar-refractivity contribution is 7.78. The average Bonchev–Trinajstić information content (AvgIpc) is 3.15. The molecule has 168 valence electrons. The van der Waals surface area contributed by atoms with Crippen LogP contribution in [0, 0.1) is 6.92 Å². The fraction of sp³-hybridized carbons (Fsp3) is 0.179. The largest absolute Gasteiger partial charge is 0.462 e. The first-order valence-electron chi connectivity index (χ1n) is 11.1. The molecule has 33 heavy (non-hydrogen) atoms. The monoisotopic (exact) mass is 457 g/mol. The summed E-state index contributed by atoms with van der Waals surface area (Å²) in [7, 11) is -3.00. The SMILES string of the molecule is CCOC(=O)c1cc(CP(=O)(c2ccccc2)c2ccccc2)n(Cc2ccccc2)c1C. The van der Waals surface area contributed by atoms with Gasteiger partial charge in [-0.05, 0) is 25.5 Å². The number of carbonyl (C=O) groups is 1. The van der Waals surface area contributed by atoms with Crippen molar-refractivity contribution in [2.24, 2.45) is 0 Å². The second kappa shape index (κ2) is 10.1. The number of nitrogens with zero attached hydrogens (tertiary/aromatic N) is 1. The Morgan fingerprint density at radius 3 is 1.88 bits per heavy atom. The van der Waals surface area contributed by atoms with Crippen molar-refractivity contribution in [2.75, 3.05) is 6.61 Å². The van der Waals surface area contributed by atoms with E-state index in [1.54, 1.807) is 6.92 Å². The number of rotatable bonds is 8. The van der Waals surface area contributed by atoms with Gasteiger partial charge in [-0.3, -0.25) is 0 Å². The van der Waals surface area contributed by atoms with Crippen LogP contribution >= 0.6 is 7.14 Å². The van der Waals surface area contributed by atoms with Crippen molar-refractivity contribution in [2.45, 2.75) is 26.6 Å². The first-order valence-corrected chi connectivity index (χ1v) is 13.0. The minimum atomic E-state index is -3.00. The lowest BCUT2D eigenvalue weighted by molar-refractivity contribution is 0.0525. The van der Waals surface area contributed by atoms with E-state index in [4.69, 9.17) is 4.74 Å². The van der Waals surface area contributed by atoms with E-state index in [0.29, 0.717) is 24.9 Å². The zero-order chi connectivity index (χ0) is 23.3. The van der Waals surface area contributed by atoms with Gasteiger partial charge in [0.05, 0.1) is 12.2 Å². The lowest BCUT2D eigenvalue weighted by Gasteiger charge is -2.21. The van der Waals surface area contributed by atoms with Crippen LogP contribution in [0.3, 0.4) is 0 Å². The minimum absolute atomic E-state index is 0.310. The Kier molecular flexibility index (Phi) is 6.96. The molecule has 3 aromatic carbocycles. The van der Waals surface area contributed by atoms with E-state index in [1.165, 1.54) is 0 Å². The summed E-state index contributed by atoms with van der Waals surface area (Å²) in [5, 5.41) is 1.61. The van der Waals surface area contributed by atoms with Crippen molar-refractivity contribution in [1.29, 1.82) is 0 Å². The van der Waals surface area contributed by atoms with Gasteiger partial charge < -0.3 is 13.9 Å². The third kappa shape index (κ3) is 4.86. The zero-order valence-electron chi connectivity index (χ0n) is 19.0. The van der Waals surface area contributed by atoms with Gasteiger partial charge in [0.1, 0.15) is 7.14 Å². The predicted octanol–water partition coefficient (Wildman–Crippen LogP) is 5.54. The van der Waals surface area contributed by atoms with E-state index in [1.807, 2.05) is 91.9 Å². The molecule has 4 rings (SSSR count). The predicted molar refractivity (Wildman–Crippen MR) is 134 cm³/mol. The Hall–Kier alpha value is -3.36.